The first-order valence-electron chi connectivity index (χ1n) is 6.36. The van der Waals surface area contributed by atoms with Gasteiger partial charge in [-0.3, -0.25) is 4.79 Å². The molecule has 20 heavy (non-hydrogen) atoms. The number of rotatable bonds is 2. The first-order valence-corrected chi connectivity index (χ1v) is 6.36. The number of aromatic nitrogens is 1. The van der Waals surface area contributed by atoms with Gasteiger partial charge in [0.25, 0.3) is 5.91 Å². The molecular formula is C14H14N2O4. The van der Waals surface area contributed by atoms with Gasteiger partial charge in [-0.25, -0.2) is 4.79 Å². The maximum atomic E-state index is 12.4. The molecule has 1 amide bonds. The standard InChI is InChI=1S/C14H14N2O4/c17-13(16-5-6-20-12(8-16)14(18)19)11-7-9-3-1-2-4-10(9)15-11/h1-4,7,12,15H,5-6,8H2,(H,18,19). The number of benzene rings is 1. The largest absolute Gasteiger partial charge is 0.479 e. The first-order chi connectivity index (χ1) is 9.65. The van der Waals surface area contributed by atoms with Gasteiger partial charge < -0.3 is 19.7 Å². The first kappa shape index (κ1) is 12.7. The third-order valence-electron chi connectivity index (χ3n) is 3.39. The second-order valence-corrected chi connectivity index (χ2v) is 4.72. The number of aliphatic carboxylic acids is 1. The monoisotopic (exact) mass is 274 g/mol. The van der Waals surface area contributed by atoms with E-state index in [1.54, 1.807) is 6.07 Å². The van der Waals surface area contributed by atoms with E-state index in [0.717, 1.165) is 10.9 Å². The van der Waals surface area contributed by atoms with E-state index in [-0.39, 0.29) is 19.1 Å². The normalized spacial score (nSPS) is 19.2. The molecule has 1 aromatic carbocycles. The van der Waals surface area contributed by atoms with Crippen molar-refractivity contribution >= 4 is 22.8 Å². The topological polar surface area (TPSA) is 82.6 Å². The molecule has 0 saturated carbocycles. The Morgan fingerprint density at radius 3 is 2.90 bits per heavy atom. The minimum absolute atomic E-state index is 0.0729. The molecule has 6 nitrogen and oxygen atoms in total. The molecule has 1 aromatic heterocycles. The van der Waals surface area contributed by atoms with Crippen molar-refractivity contribution in [1.82, 2.24) is 9.88 Å². The fraction of sp³-hybridized carbons (Fsp3) is 0.286. The number of fused-ring (bicyclic) bond motifs is 1. The lowest BCUT2D eigenvalue weighted by molar-refractivity contribution is -0.154. The predicted octanol–water partition coefficient (Wildman–Crippen LogP) is 1.09. The summed E-state index contributed by atoms with van der Waals surface area (Å²) in [6.07, 6.45) is -0.947. The average Bonchev–Trinajstić information content (AvgIpc) is 2.90. The van der Waals surface area contributed by atoms with Crippen LogP contribution in [0.1, 0.15) is 10.5 Å². The number of carbonyl (C=O) groups excluding carboxylic acids is 1. The number of hydrogen-bond acceptors (Lipinski definition) is 3. The summed E-state index contributed by atoms with van der Waals surface area (Å²) < 4.78 is 5.11. The molecule has 0 spiro atoms. The lowest BCUT2D eigenvalue weighted by Crippen LogP contribution is -2.48. The van der Waals surface area contributed by atoms with Gasteiger partial charge >= 0.3 is 5.97 Å². The lowest BCUT2D eigenvalue weighted by atomic mass is 10.2. The summed E-state index contributed by atoms with van der Waals surface area (Å²) in [5.74, 6) is -1.24. The number of carbonyl (C=O) groups is 2. The zero-order valence-corrected chi connectivity index (χ0v) is 10.7. The maximum absolute atomic E-state index is 12.4. The molecule has 2 N–H and O–H groups in total. The highest BCUT2D eigenvalue weighted by molar-refractivity contribution is 5.98. The Bertz CT molecular complexity index is 631. The molecule has 0 aliphatic carbocycles. The van der Waals surface area contributed by atoms with Crippen molar-refractivity contribution in [2.45, 2.75) is 6.10 Å². The molecule has 1 atom stereocenters. The second-order valence-electron chi connectivity index (χ2n) is 4.72. The van der Waals surface area contributed by atoms with Gasteiger partial charge in [-0.15, -0.1) is 0 Å². The summed E-state index contributed by atoms with van der Waals surface area (Å²) in [5.41, 5.74) is 1.36. The van der Waals surface area contributed by atoms with Gasteiger partial charge in [0.2, 0.25) is 0 Å². The Labute approximate surface area is 114 Å². The fourth-order valence-corrected chi connectivity index (χ4v) is 2.34. The molecule has 0 radical (unpaired) electrons. The Kier molecular flexibility index (Phi) is 3.15. The number of para-hydroxylation sites is 1. The van der Waals surface area contributed by atoms with E-state index in [4.69, 9.17) is 9.84 Å². The van der Waals surface area contributed by atoms with Crippen LogP contribution < -0.4 is 0 Å². The second kappa shape index (κ2) is 4.97. The van der Waals surface area contributed by atoms with E-state index in [1.165, 1.54) is 4.90 Å². The van der Waals surface area contributed by atoms with Gasteiger partial charge in [0.05, 0.1) is 13.2 Å². The molecular weight excluding hydrogens is 260 g/mol. The Morgan fingerprint density at radius 2 is 2.15 bits per heavy atom. The highest BCUT2D eigenvalue weighted by Gasteiger charge is 2.29. The number of nitrogens with one attached hydrogen (secondary N) is 1. The Hall–Kier alpha value is -2.34. The van der Waals surface area contributed by atoms with Crippen LogP contribution in [-0.2, 0) is 9.53 Å². The number of H-pyrrole nitrogens is 1. The van der Waals surface area contributed by atoms with Gasteiger partial charge in [-0.05, 0) is 12.1 Å². The van der Waals surface area contributed by atoms with Crippen LogP contribution in [0.5, 0.6) is 0 Å². The molecule has 1 aliphatic rings. The van der Waals surface area contributed by atoms with E-state index in [2.05, 4.69) is 4.98 Å². The van der Waals surface area contributed by atoms with Gasteiger partial charge in [-0.1, -0.05) is 18.2 Å². The lowest BCUT2D eigenvalue weighted by Gasteiger charge is -2.30. The molecule has 2 heterocycles. The molecule has 1 fully saturated rings. The molecule has 104 valence electrons. The zero-order valence-electron chi connectivity index (χ0n) is 10.7. The van der Waals surface area contributed by atoms with E-state index >= 15 is 0 Å². The summed E-state index contributed by atoms with van der Waals surface area (Å²) in [6.45, 7) is 0.713. The Balaban J connectivity index is 1.82. The molecule has 1 aliphatic heterocycles. The van der Waals surface area contributed by atoms with E-state index in [1.807, 2.05) is 24.3 Å². The third kappa shape index (κ3) is 2.25. The highest BCUT2D eigenvalue weighted by atomic mass is 16.5. The minimum atomic E-state index is -1.04. The van der Waals surface area contributed by atoms with Crippen LogP contribution in [0.2, 0.25) is 0 Å². The number of morpholine rings is 1. The smallest absolute Gasteiger partial charge is 0.334 e. The van der Waals surface area contributed by atoms with E-state index in [0.29, 0.717) is 12.2 Å². The summed E-state index contributed by atoms with van der Waals surface area (Å²) in [6, 6.07) is 9.39. The van der Waals surface area contributed by atoms with Crippen LogP contribution in [0.25, 0.3) is 10.9 Å². The van der Waals surface area contributed by atoms with Crippen LogP contribution in [-0.4, -0.2) is 52.7 Å². The minimum Gasteiger partial charge on any atom is -0.479 e. The van der Waals surface area contributed by atoms with Crippen molar-refractivity contribution in [3.63, 3.8) is 0 Å². The van der Waals surface area contributed by atoms with Crippen LogP contribution in [0.4, 0.5) is 0 Å². The number of carboxylic acid groups (broad SMARTS) is 1. The third-order valence-corrected chi connectivity index (χ3v) is 3.39. The summed E-state index contributed by atoms with van der Waals surface area (Å²) in [7, 11) is 0. The predicted molar refractivity (Wildman–Crippen MR) is 71.6 cm³/mol. The van der Waals surface area contributed by atoms with Crippen LogP contribution in [0.3, 0.4) is 0 Å². The highest BCUT2D eigenvalue weighted by Crippen LogP contribution is 2.17. The molecule has 1 saturated heterocycles. The molecule has 6 heteroatoms. The summed E-state index contributed by atoms with van der Waals surface area (Å²) in [5, 5.41) is 9.91. The average molecular weight is 274 g/mol. The maximum Gasteiger partial charge on any atom is 0.334 e. The molecule has 0 bridgehead atoms. The number of nitrogens with zero attached hydrogens (tertiary/aromatic N) is 1. The van der Waals surface area contributed by atoms with Crippen molar-refractivity contribution in [1.29, 1.82) is 0 Å². The van der Waals surface area contributed by atoms with Crippen LogP contribution >= 0.6 is 0 Å². The summed E-state index contributed by atoms with van der Waals surface area (Å²) in [4.78, 5) is 27.9. The van der Waals surface area contributed by atoms with Crippen LogP contribution in [0.15, 0.2) is 30.3 Å². The quantitative estimate of drug-likeness (QED) is 0.859. The van der Waals surface area contributed by atoms with Crippen molar-refractivity contribution in [2.75, 3.05) is 19.7 Å². The van der Waals surface area contributed by atoms with Crippen molar-refractivity contribution < 1.29 is 19.4 Å². The SMILES string of the molecule is O=C(O)C1CN(C(=O)c2cc3ccccc3[nH]2)CCO1. The van der Waals surface area contributed by atoms with E-state index < -0.39 is 12.1 Å². The number of hydrogen-bond donors (Lipinski definition) is 2. The van der Waals surface area contributed by atoms with Crippen molar-refractivity contribution in [3.8, 4) is 0 Å². The Morgan fingerprint density at radius 1 is 1.35 bits per heavy atom. The zero-order chi connectivity index (χ0) is 14.1. The molecule has 2 aromatic rings. The molecule has 1 unspecified atom stereocenters. The van der Waals surface area contributed by atoms with Crippen LogP contribution in [0, 0.1) is 0 Å². The van der Waals surface area contributed by atoms with Crippen molar-refractivity contribution in [3.05, 3.63) is 36.0 Å². The number of aromatic amines is 1. The van der Waals surface area contributed by atoms with Crippen molar-refractivity contribution in [2.24, 2.45) is 0 Å². The van der Waals surface area contributed by atoms with Gasteiger partial charge in [0.1, 0.15) is 5.69 Å². The van der Waals surface area contributed by atoms with Gasteiger partial charge in [0, 0.05) is 17.4 Å². The van der Waals surface area contributed by atoms with Gasteiger partial charge in [0.15, 0.2) is 6.10 Å². The summed E-state index contributed by atoms with van der Waals surface area (Å²) >= 11 is 0. The number of ether oxygens (including phenoxy) is 1. The van der Waals surface area contributed by atoms with Gasteiger partial charge in [-0.2, -0.15) is 0 Å². The molecule has 3 rings (SSSR count). The number of carboxylic acids is 1. The fourth-order valence-electron chi connectivity index (χ4n) is 2.34. The van der Waals surface area contributed by atoms with E-state index in [9.17, 15) is 9.59 Å². The number of amides is 1.